The highest BCUT2D eigenvalue weighted by molar-refractivity contribution is 8.45. The van der Waals surface area contributed by atoms with Crippen molar-refractivity contribution in [3.63, 3.8) is 0 Å². The predicted octanol–water partition coefficient (Wildman–Crippen LogP) is 4.70. The number of hydrogen-bond donors (Lipinski definition) is 2. The molecule has 0 fully saturated rings. The smallest absolute Gasteiger partial charge is 0.291 e. The van der Waals surface area contributed by atoms with Crippen molar-refractivity contribution in [2.45, 2.75) is 24.0 Å². The van der Waals surface area contributed by atoms with Gasteiger partial charge in [-0.25, -0.2) is 9.48 Å². The van der Waals surface area contributed by atoms with Crippen LogP contribution in [0.3, 0.4) is 0 Å². The third kappa shape index (κ3) is 3.86. The van der Waals surface area contributed by atoms with Crippen LogP contribution >= 0.6 is 10.2 Å². The highest BCUT2D eigenvalue weighted by atomic mass is 32.5. The Bertz CT molecular complexity index is 1220. The molecule has 0 amide bonds. The molecule has 3 rings (SSSR count). The number of hydrogen-bond acceptors (Lipinski definition) is 3. The van der Waals surface area contributed by atoms with Crippen LogP contribution in [0.5, 0.6) is 0 Å². The zero-order chi connectivity index (χ0) is 22.1. The van der Waals surface area contributed by atoms with E-state index in [9.17, 15) is 42.2 Å². The van der Waals surface area contributed by atoms with Gasteiger partial charge in [0, 0.05) is 0 Å². The van der Waals surface area contributed by atoms with Crippen LogP contribution in [0, 0.1) is 0 Å². The molecule has 0 spiro atoms. The molecule has 0 aliphatic heterocycles. The number of fused-ring (bicyclic) bond motifs is 1. The van der Waals surface area contributed by atoms with Gasteiger partial charge in [0.25, 0.3) is 5.56 Å². The van der Waals surface area contributed by atoms with E-state index in [1.807, 2.05) is 4.98 Å². The number of H-pyrrole nitrogens is 2. The van der Waals surface area contributed by atoms with Crippen molar-refractivity contribution >= 4 is 21.3 Å². The number of nitrogens with zero attached hydrogens (tertiary/aromatic N) is 2. The number of rotatable bonds is 3. The summed E-state index contributed by atoms with van der Waals surface area (Å²) in [6.45, 7) is 1.20. The molecule has 6 nitrogen and oxygen atoms in total. The van der Waals surface area contributed by atoms with Gasteiger partial charge >= 0.3 is 22.1 Å². The van der Waals surface area contributed by atoms with Crippen LogP contribution in [0.1, 0.15) is 24.2 Å². The minimum atomic E-state index is -9.93. The summed E-state index contributed by atoms with van der Waals surface area (Å²) >= 11 is 0. The summed E-state index contributed by atoms with van der Waals surface area (Å²) in [7, 11) is -9.93. The van der Waals surface area contributed by atoms with Gasteiger partial charge in [-0.3, -0.25) is 14.8 Å². The third-order valence-electron chi connectivity index (χ3n) is 4.04. The van der Waals surface area contributed by atoms with Crippen molar-refractivity contribution in [1.29, 1.82) is 0 Å². The molecule has 1 atom stereocenters. The van der Waals surface area contributed by atoms with E-state index in [-0.39, 0.29) is 17.7 Å². The van der Waals surface area contributed by atoms with Crippen LogP contribution in [0.15, 0.2) is 38.8 Å². The van der Waals surface area contributed by atoms with Gasteiger partial charge in [0.1, 0.15) is 15.9 Å². The average Bonchev–Trinajstić information content (AvgIpc) is 2.92. The number of alkyl halides is 3. The zero-order valence-electron chi connectivity index (χ0n) is 14.0. The molecule has 2 aromatic heterocycles. The molecule has 15 heteroatoms. The van der Waals surface area contributed by atoms with E-state index in [1.165, 1.54) is 6.92 Å². The maximum absolute atomic E-state index is 13.2. The maximum Gasteiger partial charge on any atom is 0.436 e. The molecule has 3 aromatic rings. The number of benzene rings is 1. The Balaban J connectivity index is 2.19. The molecule has 0 aliphatic carbocycles. The standard InChI is InChI=1S/C14H10F8N4O2S/c1-6(7-2-4-8(5-3-7)29(18,19,20,21)22)26-11-9(10(25-26)14(15,16)17)12(27)24-13(28)23-11/h2-6H,1H3,(H2,23,24,27,28). The van der Waals surface area contributed by atoms with Crippen molar-refractivity contribution < 1.29 is 32.6 Å². The Morgan fingerprint density at radius 3 is 2.03 bits per heavy atom. The SMILES string of the molecule is CC(c1ccc(S(F)(F)(F)(F)F)cc1)n1nc(C(F)(F)F)c2c(=O)[nH]c(=O)[nH]c21. The first-order valence-corrected chi connectivity index (χ1v) is 9.49. The van der Waals surface area contributed by atoms with Crippen molar-refractivity contribution in [2.75, 3.05) is 0 Å². The molecule has 0 saturated heterocycles. The Kier molecular flexibility index (Phi) is 3.89. The normalized spacial score (nSPS) is 16.4. The molecule has 1 unspecified atom stereocenters. The van der Waals surface area contributed by atoms with E-state index in [0.717, 1.165) is 0 Å². The average molecular weight is 450 g/mol. The second-order valence-electron chi connectivity index (χ2n) is 6.14. The fraction of sp³-hybridized carbons (Fsp3) is 0.214. The van der Waals surface area contributed by atoms with Crippen molar-refractivity contribution in [2.24, 2.45) is 0 Å². The molecule has 1 aromatic carbocycles. The zero-order valence-corrected chi connectivity index (χ0v) is 14.8. The van der Waals surface area contributed by atoms with Gasteiger partial charge in [0.05, 0.1) is 6.04 Å². The molecule has 2 heterocycles. The van der Waals surface area contributed by atoms with E-state index in [0.29, 0.717) is 16.8 Å². The number of aromatic amines is 2. The Morgan fingerprint density at radius 1 is 1.00 bits per heavy atom. The Labute approximate surface area is 154 Å². The summed E-state index contributed by atoms with van der Waals surface area (Å²) in [6.07, 6.45) is -5.08. The number of halogens is 8. The lowest BCUT2D eigenvalue weighted by Crippen LogP contribution is -2.24. The van der Waals surface area contributed by atoms with Crippen LogP contribution in [-0.4, -0.2) is 19.7 Å². The fourth-order valence-corrected chi connectivity index (χ4v) is 3.35. The minimum absolute atomic E-state index is 0.0965. The molecular formula is C14H10F8N4O2S. The van der Waals surface area contributed by atoms with Gasteiger partial charge in [0.2, 0.25) is 0 Å². The van der Waals surface area contributed by atoms with Crippen LogP contribution in [0.4, 0.5) is 32.6 Å². The summed E-state index contributed by atoms with van der Waals surface area (Å²) in [5, 5.41) is 2.30. The van der Waals surface area contributed by atoms with Crippen molar-refractivity contribution in [3.05, 3.63) is 56.4 Å². The summed E-state index contributed by atoms with van der Waals surface area (Å²) in [5.74, 6) is 0. The second kappa shape index (κ2) is 5.40. The summed E-state index contributed by atoms with van der Waals surface area (Å²) in [5.41, 5.74) is -4.89. The highest BCUT2D eigenvalue weighted by Gasteiger charge is 2.65. The number of aromatic nitrogens is 4. The fourth-order valence-electron chi connectivity index (χ4n) is 2.70. The molecule has 160 valence electrons. The van der Waals surface area contributed by atoms with E-state index in [1.54, 1.807) is 4.98 Å². The first kappa shape index (κ1) is 20.9. The van der Waals surface area contributed by atoms with Gasteiger partial charge in [-0.2, -0.15) is 18.3 Å². The first-order chi connectivity index (χ1) is 12.9. The molecule has 0 radical (unpaired) electrons. The van der Waals surface area contributed by atoms with Crippen LogP contribution < -0.4 is 11.2 Å². The maximum atomic E-state index is 13.2. The molecule has 0 bridgehead atoms. The third-order valence-corrected chi connectivity index (χ3v) is 5.20. The minimum Gasteiger partial charge on any atom is -0.291 e. The summed E-state index contributed by atoms with van der Waals surface area (Å²) in [6, 6.07) is 0.227. The van der Waals surface area contributed by atoms with Gasteiger partial charge in [0.15, 0.2) is 5.69 Å². The van der Waals surface area contributed by atoms with E-state index in [2.05, 4.69) is 5.10 Å². The van der Waals surface area contributed by atoms with Crippen molar-refractivity contribution in [3.8, 4) is 0 Å². The van der Waals surface area contributed by atoms with Crippen LogP contribution in [0.25, 0.3) is 11.0 Å². The molecule has 0 aliphatic rings. The van der Waals surface area contributed by atoms with E-state index < -0.39 is 55.3 Å². The first-order valence-electron chi connectivity index (χ1n) is 7.54. The summed E-state index contributed by atoms with van der Waals surface area (Å²) in [4.78, 5) is 24.7. The van der Waals surface area contributed by atoms with Crippen molar-refractivity contribution in [1.82, 2.24) is 19.7 Å². The molecule has 2 N–H and O–H groups in total. The van der Waals surface area contributed by atoms with E-state index >= 15 is 0 Å². The van der Waals surface area contributed by atoms with Gasteiger partial charge in [-0.1, -0.05) is 31.6 Å². The lowest BCUT2D eigenvalue weighted by molar-refractivity contribution is -0.140. The van der Waals surface area contributed by atoms with Crippen LogP contribution in [-0.2, 0) is 6.18 Å². The van der Waals surface area contributed by atoms with E-state index in [4.69, 9.17) is 0 Å². The molecule has 0 saturated carbocycles. The lowest BCUT2D eigenvalue weighted by atomic mass is 10.1. The molecular weight excluding hydrogens is 440 g/mol. The summed E-state index contributed by atoms with van der Waals surface area (Å²) < 4.78 is 104. The quantitative estimate of drug-likeness (QED) is 0.568. The highest BCUT2D eigenvalue weighted by Crippen LogP contribution is 3.02. The Hall–Kier alpha value is -2.84. The topological polar surface area (TPSA) is 83.5 Å². The van der Waals surface area contributed by atoms with Gasteiger partial charge < -0.3 is 0 Å². The Morgan fingerprint density at radius 2 is 1.55 bits per heavy atom. The lowest BCUT2D eigenvalue weighted by Gasteiger charge is -2.40. The molecule has 29 heavy (non-hydrogen) atoms. The second-order valence-corrected chi connectivity index (χ2v) is 8.55. The predicted molar refractivity (Wildman–Crippen MR) is 87.6 cm³/mol. The van der Waals surface area contributed by atoms with Crippen LogP contribution in [0.2, 0.25) is 0 Å². The van der Waals surface area contributed by atoms with Gasteiger partial charge in [-0.15, -0.1) is 0 Å². The van der Waals surface area contributed by atoms with Gasteiger partial charge in [-0.05, 0) is 24.6 Å². The monoisotopic (exact) mass is 450 g/mol. The number of nitrogens with one attached hydrogen (secondary N) is 2. The largest absolute Gasteiger partial charge is 0.436 e.